The van der Waals surface area contributed by atoms with Crippen molar-refractivity contribution in [3.05, 3.63) is 75.1 Å². The monoisotopic (exact) mass is 485 g/mol. The number of rotatable bonds is 9. The largest absolute Gasteiger partial charge is 0.497 e. The van der Waals surface area contributed by atoms with Gasteiger partial charge in [0.2, 0.25) is 5.90 Å². The number of cyclic esters (lactones) is 1. The summed E-state index contributed by atoms with van der Waals surface area (Å²) in [4.78, 5) is 17.3. The summed E-state index contributed by atoms with van der Waals surface area (Å²) in [6.45, 7) is 0.541. The van der Waals surface area contributed by atoms with Crippen LogP contribution in [0.4, 0.5) is 0 Å². The maximum atomic E-state index is 12.2. The van der Waals surface area contributed by atoms with Crippen molar-refractivity contribution in [2.75, 3.05) is 27.4 Å². The van der Waals surface area contributed by atoms with Gasteiger partial charge in [-0.2, -0.15) is 0 Å². The quantitative estimate of drug-likeness (QED) is 0.235. The van der Waals surface area contributed by atoms with Crippen LogP contribution in [0.3, 0.4) is 0 Å². The van der Waals surface area contributed by atoms with Gasteiger partial charge >= 0.3 is 5.97 Å². The third-order valence-corrected chi connectivity index (χ3v) is 5.69. The molecular weight excluding hydrogens is 466 g/mol. The molecule has 1 aliphatic heterocycles. The molecule has 7 nitrogen and oxygen atoms in total. The molecule has 9 heteroatoms. The molecule has 1 aromatic heterocycles. The number of hydrogen-bond donors (Lipinski definition) is 0. The Hall–Kier alpha value is -3.49. The van der Waals surface area contributed by atoms with Crippen LogP contribution in [0.15, 0.2) is 64.6 Å². The number of nitrogens with zero attached hydrogens (tertiary/aromatic N) is 1. The molecule has 0 radical (unpaired) electrons. The van der Waals surface area contributed by atoms with Crippen molar-refractivity contribution >= 4 is 40.9 Å². The number of esters is 1. The van der Waals surface area contributed by atoms with E-state index in [0.717, 1.165) is 4.88 Å². The number of thiophene rings is 1. The highest BCUT2D eigenvalue weighted by molar-refractivity contribution is 7.12. The Bertz CT molecular complexity index is 1210. The molecule has 3 aromatic rings. The molecular formula is C24H20ClNO6S. The van der Waals surface area contributed by atoms with E-state index >= 15 is 0 Å². The molecule has 4 rings (SSSR count). The van der Waals surface area contributed by atoms with Crippen LogP contribution in [0.25, 0.3) is 6.08 Å². The second-order valence-corrected chi connectivity index (χ2v) is 8.08. The molecule has 0 unspecified atom stereocenters. The molecule has 0 N–H and O–H groups in total. The third-order valence-electron chi connectivity index (χ3n) is 4.55. The van der Waals surface area contributed by atoms with Gasteiger partial charge < -0.3 is 23.7 Å². The third kappa shape index (κ3) is 5.47. The van der Waals surface area contributed by atoms with Gasteiger partial charge in [-0.25, -0.2) is 9.79 Å². The summed E-state index contributed by atoms with van der Waals surface area (Å²) in [6.07, 6.45) is 1.59. The highest BCUT2D eigenvalue weighted by atomic mass is 35.5. The minimum absolute atomic E-state index is 0.178. The number of methoxy groups -OCH3 is 2. The summed E-state index contributed by atoms with van der Waals surface area (Å²) in [6, 6.07) is 14.4. The number of aliphatic imine (C=N–C) groups is 1. The summed E-state index contributed by atoms with van der Waals surface area (Å²) in [5, 5.41) is 2.22. The normalized spacial score (nSPS) is 14.1. The van der Waals surface area contributed by atoms with E-state index in [1.807, 2.05) is 35.7 Å². The minimum Gasteiger partial charge on any atom is -0.497 e. The zero-order valence-corrected chi connectivity index (χ0v) is 19.4. The fraction of sp³-hybridized carbons (Fsp3) is 0.167. The van der Waals surface area contributed by atoms with Crippen LogP contribution < -0.4 is 18.9 Å². The van der Waals surface area contributed by atoms with E-state index in [1.54, 1.807) is 31.4 Å². The molecule has 0 amide bonds. The number of hydrogen-bond acceptors (Lipinski definition) is 8. The van der Waals surface area contributed by atoms with Gasteiger partial charge in [0.05, 0.1) is 24.1 Å². The van der Waals surface area contributed by atoms with Crippen molar-refractivity contribution in [1.82, 2.24) is 0 Å². The molecule has 0 spiro atoms. The fourth-order valence-corrected chi connectivity index (χ4v) is 3.95. The first-order valence-electron chi connectivity index (χ1n) is 9.91. The van der Waals surface area contributed by atoms with Gasteiger partial charge in [0.1, 0.15) is 24.7 Å². The van der Waals surface area contributed by atoms with Gasteiger partial charge in [0, 0.05) is 6.07 Å². The Morgan fingerprint density at radius 3 is 2.61 bits per heavy atom. The Kier molecular flexibility index (Phi) is 7.16. The van der Waals surface area contributed by atoms with Crippen LogP contribution in [-0.4, -0.2) is 39.3 Å². The van der Waals surface area contributed by atoms with E-state index in [2.05, 4.69) is 4.99 Å². The highest BCUT2D eigenvalue weighted by Crippen LogP contribution is 2.37. The molecule has 33 heavy (non-hydrogen) atoms. The van der Waals surface area contributed by atoms with Gasteiger partial charge in [0.15, 0.2) is 17.2 Å². The predicted octanol–water partition coefficient (Wildman–Crippen LogP) is 5.22. The number of benzene rings is 2. The van der Waals surface area contributed by atoms with Crippen LogP contribution in [0.5, 0.6) is 23.0 Å². The van der Waals surface area contributed by atoms with E-state index < -0.39 is 5.97 Å². The lowest BCUT2D eigenvalue weighted by Crippen LogP contribution is -2.10. The average molecular weight is 486 g/mol. The first-order valence-corrected chi connectivity index (χ1v) is 11.2. The maximum absolute atomic E-state index is 12.2. The van der Waals surface area contributed by atoms with Crippen LogP contribution >= 0.6 is 22.9 Å². The van der Waals surface area contributed by atoms with E-state index in [0.29, 0.717) is 40.2 Å². The van der Waals surface area contributed by atoms with E-state index in [9.17, 15) is 4.79 Å². The summed E-state index contributed by atoms with van der Waals surface area (Å²) < 4.78 is 27.4. The van der Waals surface area contributed by atoms with E-state index in [1.165, 1.54) is 18.4 Å². The summed E-state index contributed by atoms with van der Waals surface area (Å²) in [5.74, 6) is 1.94. The molecule has 0 saturated carbocycles. The van der Waals surface area contributed by atoms with Crippen LogP contribution in [0, 0.1) is 0 Å². The number of ether oxygens (including phenoxy) is 5. The summed E-state index contributed by atoms with van der Waals surface area (Å²) in [7, 11) is 3.11. The van der Waals surface area contributed by atoms with Gasteiger partial charge in [-0.05, 0) is 47.4 Å². The molecule has 0 fully saturated rings. The van der Waals surface area contributed by atoms with Gasteiger partial charge in [-0.3, -0.25) is 0 Å². The van der Waals surface area contributed by atoms with Crippen molar-refractivity contribution in [2.45, 2.75) is 0 Å². The Morgan fingerprint density at radius 2 is 1.85 bits per heavy atom. The molecule has 170 valence electrons. The van der Waals surface area contributed by atoms with E-state index in [-0.39, 0.29) is 18.2 Å². The van der Waals surface area contributed by atoms with Crippen molar-refractivity contribution in [3.8, 4) is 23.0 Å². The molecule has 0 bridgehead atoms. The van der Waals surface area contributed by atoms with Crippen molar-refractivity contribution < 1.29 is 28.5 Å². The molecule has 2 aromatic carbocycles. The number of halogens is 1. The number of carbonyl (C=O) groups is 1. The lowest BCUT2D eigenvalue weighted by atomic mass is 10.1. The molecule has 2 heterocycles. The number of carbonyl (C=O) groups excluding carboxylic acids is 1. The van der Waals surface area contributed by atoms with Crippen LogP contribution in [-0.2, 0) is 9.53 Å². The standard InChI is InChI=1S/C24H20ClNO6S/c1-28-16-5-3-6-17(14-16)30-8-9-31-22-18(25)11-15(13-20(22)29-2)12-19-24(27)32-23(26-19)21-7-4-10-33-21/h3-7,10-14H,8-9H2,1-2H3. The second-order valence-electron chi connectivity index (χ2n) is 6.72. The predicted molar refractivity (Wildman–Crippen MR) is 127 cm³/mol. The molecule has 0 aliphatic carbocycles. The molecule has 0 atom stereocenters. The smallest absolute Gasteiger partial charge is 0.363 e. The van der Waals surface area contributed by atoms with Gasteiger partial charge in [-0.15, -0.1) is 11.3 Å². The van der Waals surface area contributed by atoms with Crippen molar-refractivity contribution in [2.24, 2.45) is 4.99 Å². The average Bonchev–Trinajstić information content (AvgIpc) is 3.48. The van der Waals surface area contributed by atoms with Crippen LogP contribution in [0.2, 0.25) is 5.02 Å². The summed E-state index contributed by atoms with van der Waals surface area (Å²) in [5.41, 5.74) is 0.803. The zero-order chi connectivity index (χ0) is 23.2. The lowest BCUT2D eigenvalue weighted by Gasteiger charge is -2.14. The van der Waals surface area contributed by atoms with Gasteiger partial charge in [-0.1, -0.05) is 23.7 Å². The van der Waals surface area contributed by atoms with Crippen LogP contribution in [0.1, 0.15) is 10.4 Å². The second kappa shape index (κ2) is 10.4. The van der Waals surface area contributed by atoms with Gasteiger partial charge in [0.25, 0.3) is 0 Å². The Balaban J connectivity index is 1.44. The first kappa shape index (κ1) is 22.7. The highest BCUT2D eigenvalue weighted by Gasteiger charge is 2.25. The SMILES string of the molecule is COc1cccc(OCCOc2c(Cl)cc(C=C3N=C(c4cccs4)OC3=O)cc2OC)c1. The van der Waals surface area contributed by atoms with E-state index in [4.69, 9.17) is 35.3 Å². The zero-order valence-electron chi connectivity index (χ0n) is 17.9. The molecule has 1 aliphatic rings. The lowest BCUT2D eigenvalue weighted by molar-refractivity contribution is -0.129. The Labute approximate surface area is 199 Å². The minimum atomic E-state index is -0.525. The fourth-order valence-electron chi connectivity index (χ4n) is 3.03. The molecule has 0 saturated heterocycles. The van der Waals surface area contributed by atoms with Crippen molar-refractivity contribution in [1.29, 1.82) is 0 Å². The first-order chi connectivity index (χ1) is 16.1. The Morgan fingerprint density at radius 1 is 1.03 bits per heavy atom. The maximum Gasteiger partial charge on any atom is 0.363 e. The summed E-state index contributed by atoms with van der Waals surface area (Å²) >= 11 is 7.88. The topological polar surface area (TPSA) is 75.6 Å². The van der Waals surface area contributed by atoms with Crippen molar-refractivity contribution in [3.63, 3.8) is 0 Å².